The van der Waals surface area contributed by atoms with Crippen LogP contribution in [0.2, 0.25) is 0 Å². The first kappa shape index (κ1) is 13.5. The molecule has 0 radical (unpaired) electrons. The molecule has 1 aromatic rings. The van der Waals surface area contributed by atoms with Crippen molar-refractivity contribution in [1.82, 2.24) is 15.2 Å². The third-order valence-corrected chi connectivity index (χ3v) is 3.45. The molecular formula is C12H17BrN4O. The van der Waals surface area contributed by atoms with Crippen LogP contribution in [0, 0.1) is 0 Å². The van der Waals surface area contributed by atoms with Gasteiger partial charge in [0.05, 0.1) is 6.54 Å². The number of rotatable bonds is 3. The van der Waals surface area contributed by atoms with E-state index >= 15 is 0 Å². The minimum Gasteiger partial charge on any atom is -0.314 e. The molecule has 98 valence electrons. The molecule has 0 aliphatic carbocycles. The maximum atomic E-state index is 11.9. The zero-order chi connectivity index (χ0) is 13.0. The van der Waals surface area contributed by atoms with E-state index in [2.05, 4.69) is 43.4 Å². The van der Waals surface area contributed by atoms with Crippen molar-refractivity contribution in [3.63, 3.8) is 0 Å². The number of amides is 1. The van der Waals surface area contributed by atoms with Crippen molar-refractivity contribution in [2.75, 3.05) is 31.5 Å². The van der Waals surface area contributed by atoms with Gasteiger partial charge in [-0.15, -0.1) is 0 Å². The van der Waals surface area contributed by atoms with Gasteiger partial charge in [0.25, 0.3) is 0 Å². The van der Waals surface area contributed by atoms with Gasteiger partial charge in [0.2, 0.25) is 5.91 Å². The molecular weight excluding hydrogens is 296 g/mol. The van der Waals surface area contributed by atoms with E-state index in [-0.39, 0.29) is 5.91 Å². The van der Waals surface area contributed by atoms with Crippen LogP contribution in [0.3, 0.4) is 0 Å². The lowest BCUT2D eigenvalue weighted by molar-refractivity contribution is -0.118. The Bertz CT molecular complexity index is 409. The first-order valence-corrected chi connectivity index (χ1v) is 6.80. The molecule has 0 saturated carbocycles. The van der Waals surface area contributed by atoms with Gasteiger partial charge in [-0.05, 0) is 35.0 Å². The molecule has 6 heteroatoms. The van der Waals surface area contributed by atoms with Crippen LogP contribution in [0.15, 0.2) is 22.8 Å². The molecule has 1 aliphatic rings. The van der Waals surface area contributed by atoms with E-state index < -0.39 is 0 Å². The van der Waals surface area contributed by atoms with E-state index in [1.54, 1.807) is 12.3 Å². The average molecular weight is 313 g/mol. The van der Waals surface area contributed by atoms with Crippen molar-refractivity contribution >= 4 is 27.7 Å². The lowest BCUT2D eigenvalue weighted by atomic mass is 10.2. The minimum atomic E-state index is -0.0152. The molecule has 1 aliphatic heterocycles. The van der Waals surface area contributed by atoms with Crippen LogP contribution in [-0.2, 0) is 4.79 Å². The van der Waals surface area contributed by atoms with Gasteiger partial charge in [-0.1, -0.05) is 0 Å². The molecule has 0 unspecified atom stereocenters. The Morgan fingerprint density at radius 1 is 1.67 bits per heavy atom. The van der Waals surface area contributed by atoms with Crippen LogP contribution in [0.25, 0.3) is 0 Å². The van der Waals surface area contributed by atoms with Gasteiger partial charge in [-0.3, -0.25) is 9.69 Å². The molecule has 2 heterocycles. The second kappa shape index (κ2) is 6.26. The molecule has 0 aromatic carbocycles. The van der Waals surface area contributed by atoms with Gasteiger partial charge in [0.1, 0.15) is 5.82 Å². The highest BCUT2D eigenvalue weighted by molar-refractivity contribution is 9.10. The lowest BCUT2D eigenvalue weighted by Crippen LogP contribution is -2.52. The van der Waals surface area contributed by atoms with Crippen molar-refractivity contribution in [3.05, 3.63) is 22.8 Å². The van der Waals surface area contributed by atoms with Crippen molar-refractivity contribution < 1.29 is 4.79 Å². The maximum Gasteiger partial charge on any atom is 0.239 e. The van der Waals surface area contributed by atoms with Crippen molar-refractivity contribution in [2.45, 2.75) is 13.0 Å². The fourth-order valence-electron chi connectivity index (χ4n) is 1.93. The van der Waals surface area contributed by atoms with Gasteiger partial charge >= 0.3 is 0 Å². The Balaban J connectivity index is 1.86. The van der Waals surface area contributed by atoms with E-state index in [0.29, 0.717) is 18.4 Å². The van der Waals surface area contributed by atoms with Crippen LogP contribution < -0.4 is 10.6 Å². The van der Waals surface area contributed by atoms with E-state index in [9.17, 15) is 4.79 Å². The first-order chi connectivity index (χ1) is 8.65. The predicted octanol–water partition coefficient (Wildman–Crippen LogP) is 1.08. The lowest BCUT2D eigenvalue weighted by Gasteiger charge is -2.33. The summed E-state index contributed by atoms with van der Waals surface area (Å²) < 4.78 is 0.899. The van der Waals surface area contributed by atoms with Crippen LogP contribution in [-0.4, -0.2) is 48.0 Å². The zero-order valence-corrected chi connectivity index (χ0v) is 11.9. The van der Waals surface area contributed by atoms with Gasteiger partial charge in [0.15, 0.2) is 0 Å². The summed E-state index contributed by atoms with van der Waals surface area (Å²) >= 11 is 3.31. The summed E-state index contributed by atoms with van der Waals surface area (Å²) in [6.07, 6.45) is 1.67. The Hall–Kier alpha value is -0.980. The van der Waals surface area contributed by atoms with E-state index in [0.717, 1.165) is 24.1 Å². The molecule has 0 bridgehead atoms. The number of pyridine rings is 1. The SMILES string of the molecule is C[C@H]1CNCCN1CC(=O)Nc1ccc(Br)cn1. The molecule has 0 spiro atoms. The zero-order valence-electron chi connectivity index (χ0n) is 10.3. The smallest absolute Gasteiger partial charge is 0.239 e. The Morgan fingerprint density at radius 2 is 2.50 bits per heavy atom. The topological polar surface area (TPSA) is 57.3 Å². The Morgan fingerprint density at radius 3 is 3.17 bits per heavy atom. The molecule has 2 N–H and O–H groups in total. The maximum absolute atomic E-state index is 11.9. The quantitative estimate of drug-likeness (QED) is 0.877. The van der Waals surface area contributed by atoms with E-state index in [1.807, 2.05) is 6.07 Å². The van der Waals surface area contributed by atoms with Crippen LogP contribution in [0.4, 0.5) is 5.82 Å². The summed E-state index contributed by atoms with van der Waals surface area (Å²) in [5.74, 6) is 0.574. The Labute approximate surface area is 115 Å². The van der Waals surface area contributed by atoms with Crippen molar-refractivity contribution in [1.29, 1.82) is 0 Å². The molecule has 2 rings (SSSR count). The summed E-state index contributed by atoms with van der Waals surface area (Å²) in [6.45, 7) is 5.32. The number of anilines is 1. The highest BCUT2D eigenvalue weighted by Crippen LogP contribution is 2.10. The summed E-state index contributed by atoms with van der Waals surface area (Å²) in [4.78, 5) is 18.2. The fraction of sp³-hybridized carbons (Fsp3) is 0.500. The molecule has 1 aromatic heterocycles. The third kappa shape index (κ3) is 3.76. The third-order valence-electron chi connectivity index (χ3n) is 2.98. The first-order valence-electron chi connectivity index (χ1n) is 6.01. The van der Waals surface area contributed by atoms with Gasteiger partial charge < -0.3 is 10.6 Å². The summed E-state index contributed by atoms with van der Waals surface area (Å²) in [5, 5.41) is 6.11. The number of nitrogens with one attached hydrogen (secondary N) is 2. The van der Waals surface area contributed by atoms with Crippen molar-refractivity contribution in [3.8, 4) is 0 Å². The van der Waals surface area contributed by atoms with Gasteiger partial charge in [-0.25, -0.2) is 4.98 Å². The molecule has 18 heavy (non-hydrogen) atoms. The number of aromatic nitrogens is 1. The molecule has 5 nitrogen and oxygen atoms in total. The highest BCUT2D eigenvalue weighted by atomic mass is 79.9. The van der Waals surface area contributed by atoms with Crippen LogP contribution in [0.5, 0.6) is 0 Å². The number of nitrogens with zero attached hydrogens (tertiary/aromatic N) is 2. The number of hydrogen-bond donors (Lipinski definition) is 2. The number of carbonyl (C=O) groups excluding carboxylic acids is 1. The van der Waals surface area contributed by atoms with Crippen molar-refractivity contribution in [2.24, 2.45) is 0 Å². The average Bonchev–Trinajstić information content (AvgIpc) is 2.35. The largest absolute Gasteiger partial charge is 0.314 e. The highest BCUT2D eigenvalue weighted by Gasteiger charge is 2.20. The normalized spacial score (nSPS) is 20.7. The van der Waals surface area contributed by atoms with Crippen LogP contribution >= 0.6 is 15.9 Å². The van der Waals surface area contributed by atoms with Gasteiger partial charge in [-0.2, -0.15) is 0 Å². The predicted molar refractivity (Wildman–Crippen MR) is 74.5 cm³/mol. The number of carbonyl (C=O) groups is 1. The summed E-state index contributed by atoms with van der Waals surface area (Å²) in [5.41, 5.74) is 0. The fourth-order valence-corrected chi connectivity index (χ4v) is 2.17. The van der Waals surface area contributed by atoms with E-state index in [1.165, 1.54) is 0 Å². The second-order valence-electron chi connectivity index (χ2n) is 4.43. The molecule has 1 atom stereocenters. The summed E-state index contributed by atoms with van der Waals surface area (Å²) in [7, 11) is 0. The molecule has 1 saturated heterocycles. The van der Waals surface area contributed by atoms with Gasteiger partial charge in [0, 0.05) is 36.3 Å². The number of halogens is 1. The molecule has 1 amide bonds. The number of piperazine rings is 1. The second-order valence-corrected chi connectivity index (χ2v) is 5.35. The van der Waals surface area contributed by atoms with Crippen LogP contribution in [0.1, 0.15) is 6.92 Å². The Kier molecular flexibility index (Phi) is 4.68. The minimum absolute atomic E-state index is 0.0152. The molecule has 1 fully saturated rings. The number of hydrogen-bond acceptors (Lipinski definition) is 4. The summed E-state index contributed by atoms with van der Waals surface area (Å²) in [6, 6.07) is 4.03. The van der Waals surface area contributed by atoms with E-state index in [4.69, 9.17) is 0 Å². The standard InChI is InChI=1S/C12H17BrN4O/c1-9-6-14-4-5-17(9)8-12(18)16-11-3-2-10(13)7-15-11/h2-3,7,9,14H,4-6,8H2,1H3,(H,15,16,18)/t9-/m0/s1. The monoisotopic (exact) mass is 312 g/mol.